The smallest absolute Gasteiger partial charge is 0.231 e. The van der Waals surface area contributed by atoms with Crippen molar-refractivity contribution in [2.75, 3.05) is 43.4 Å². The van der Waals surface area contributed by atoms with Crippen molar-refractivity contribution in [2.24, 2.45) is 0 Å². The van der Waals surface area contributed by atoms with Gasteiger partial charge in [-0.1, -0.05) is 26.0 Å². The third kappa shape index (κ3) is 5.89. The van der Waals surface area contributed by atoms with E-state index in [-0.39, 0.29) is 41.6 Å². The zero-order valence-electron chi connectivity index (χ0n) is 17.6. The Morgan fingerprint density at radius 2 is 1.84 bits per heavy atom. The number of hydrogen-bond acceptors (Lipinski definition) is 7. The molecule has 168 valence electrons. The predicted molar refractivity (Wildman–Crippen MR) is 120 cm³/mol. The van der Waals surface area contributed by atoms with Crippen molar-refractivity contribution in [1.29, 1.82) is 0 Å². The van der Waals surface area contributed by atoms with Crippen molar-refractivity contribution in [1.82, 2.24) is 20.2 Å². The van der Waals surface area contributed by atoms with E-state index in [0.717, 1.165) is 5.56 Å². The molecule has 1 unspecified atom stereocenters. The van der Waals surface area contributed by atoms with Gasteiger partial charge in [-0.3, -0.25) is 9.59 Å². The van der Waals surface area contributed by atoms with Crippen LogP contribution < -0.4 is 16.0 Å². The molecule has 31 heavy (non-hydrogen) atoms. The lowest BCUT2D eigenvalue weighted by molar-refractivity contribution is -0.133. The van der Waals surface area contributed by atoms with E-state index >= 15 is 0 Å². The first-order valence-corrected chi connectivity index (χ1v) is 9.99. The van der Waals surface area contributed by atoms with Gasteiger partial charge < -0.3 is 20.9 Å². The molecule has 2 aromatic rings. The van der Waals surface area contributed by atoms with E-state index in [9.17, 15) is 14.0 Å². The maximum atomic E-state index is 13.4. The average molecular weight is 451 g/mol. The summed E-state index contributed by atoms with van der Waals surface area (Å²) in [7, 11) is 0. The highest BCUT2D eigenvalue weighted by Gasteiger charge is 2.30. The van der Waals surface area contributed by atoms with E-state index in [1.54, 1.807) is 17.0 Å². The monoisotopic (exact) mass is 450 g/mol. The molecule has 0 radical (unpaired) electrons. The number of rotatable bonds is 7. The van der Waals surface area contributed by atoms with Crippen LogP contribution in [0.5, 0.6) is 0 Å². The van der Waals surface area contributed by atoms with Crippen LogP contribution in [-0.4, -0.2) is 65.8 Å². The summed E-state index contributed by atoms with van der Waals surface area (Å²) in [6.45, 7) is 6.53. The lowest BCUT2D eigenvalue weighted by atomic mass is 9.96. The molecule has 3 N–H and O–H groups in total. The molecule has 1 aromatic heterocycles. The van der Waals surface area contributed by atoms with E-state index in [0.29, 0.717) is 44.8 Å². The molecule has 10 heteroatoms. The summed E-state index contributed by atoms with van der Waals surface area (Å²) in [4.78, 5) is 36.5. The highest BCUT2D eigenvalue weighted by atomic mass is 35.5. The number of nitrogens with one attached hydrogen (secondary N) is 1. The lowest BCUT2D eigenvalue weighted by Gasteiger charge is -2.37. The fourth-order valence-corrected chi connectivity index (χ4v) is 3.52. The van der Waals surface area contributed by atoms with Crippen LogP contribution in [0.1, 0.15) is 35.7 Å². The molecule has 0 aliphatic carbocycles. The molecular formula is C21H28ClFN6O2. The first-order chi connectivity index (χ1) is 14.4. The van der Waals surface area contributed by atoms with Crippen molar-refractivity contribution in [2.45, 2.75) is 25.8 Å². The summed E-state index contributed by atoms with van der Waals surface area (Å²) in [6, 6.07) is 6.31. The predicted octanol–water partition coefficient (Wildman–Crippen LogP) is 1.86. The largest absolute Gasteiger partial charge is 0.383 e. The van der Waals surface area contributed by atoms with Crippen LogP contribution in [0.4, 0.5) is 16.0 Å². The van der Waals surface area contributed by atoms with Gasteiger partial charge in [-0.05, 0) is 17.7 Å². The fourth-order valence-electron chi connectivity index (χ4n) is 3.52. The second-order valence-electron chi connectivity index (χ2n) is 7.59. The number of aromatic nitrogens is 2. The van der Waals surface area contributed by atoms with Gasteiger partial charge in [0, 0.05) is 38.8 Å². The molecule has 1 aliphatic rings. The Bertz CT molecular complexity index is 888. The molecule has 0 bridgehead atoms. The van der Waals surface area contributed by atoms with Gasteiger partial charge in [-0.15, -0.1) is 12.4 Å². The SMILES string of the molecule is CC(C)NCC(C(=O)N1CCN(c2ncnc(N)c2C=O)CC1)c1ccc(F)cc1.Cl. The maximum Gasteiger partial charge on any atom is 0.231 e. The topological polar surface area (TPSA) is 104 Å². The third-order valence-corrected chi connectivity index (χ3v) is 5.20. The molecule has 1 fully saturated rings. The minimum absolute atomic E-state index is 0. The van der Waals surface area contributed by atoms with Gasteiger partial charge in [0.05, 0.1) is 11.5 Å². The van der Waals surface area contributed by atoms with Crippen LogP contribution >= 0.6 is 12.4 Å². The molecule has 1 amide bonds. The minimum Gasteiger partial charge on any atom is -0.383 e. The Balaban J connectivity index is 0.00000341. The first-order valence-electron chi connectivity index (χ1n) is 9.99. The molecule has 1 aromatic carbocycles. The van der Waals surface area contributed by atoms with Crippen LogP contribution in [0, 0.1) is 5.82 Å². The van der Waals surface area contributed by atoms with Gasteiger partial charge in [-0.25, -0.2) is 14.4 Å². The molecule has 0 spiro atoms. The standard InChI is InChI=1S/C21H27FN6O2.ClH/c1-14(2)24-11-17(15-3-5-16(22)6-4-15)21(30)28-9-7-27(8-10-28)20-18(12-29)19(23)25-13-26-20;/h3-6,12-14,17,24H,7-11H2,1-2H3,(H2,23,25,26);1H. The summed E-state index contributed by atoms with van der Waals surface area (Å²) in [5.41, 5.74) is 6.83. The van der Waals surface area contributed by atoms with Gasteiger partial charge in [0.1, 0.15) is 23.8 Å². The number of hydrogen-bond donors (Lipinski definition) is 2. The molecule has 0 saturated carbocycles. The van der Waals surface area contributed by atoms with E-state index in [1.165, 1.54) is 18.5 Å². The van der Waals surface area contributed by atoms with Gasteiger partial charge >= 0.3 is 0 Å². The normalized spacial score (nSPS) is 14.8. The van der Waals surface area contributed by atoms with Crippen molar-refractivity contribution in [3.05, 3.63) is 47.5 Å². The summed E-state index contributed by atoms with van der Waals surface area (Å²) < 4.78 is 13.4. The van der Waals surface area contributed by atoms with Crippen molar-refractivity contribution < 1.29 is 14.0 Å². The van der Waals surface area contributed by atoms with Crippen molar-refractivity contribution in [3.8, 4) is 0 Å². The van der Waals surface area contributed by atoms with Crippen molar-refractivity contribution >= 4 is 36.2 Å². The highest BCUT2D eigenvalue weighted by molar-refractivity contribution is 5.89. The van der Waals surface area contributed by atoms with Gasteiger partial charge in [0.25, 0.3) is 0 Å². The number of anilines is 2. The third-order valence-electron chi connectivity index (χ3n) is 5.20. The van der Waals surface area contributed by atoms with Gasteiger partial charge in [0.15, 0.2) is 6.29 Å². The Morgan fingerprint density at radius 3 is 2.42 bits per heavy atom. The Hall–Kier alpha value is -2.78. The molecule has 8 nitrogen and oxygen atoms in total. The second-order valence-corrected chi connectivity index (χ2v) is 7.59. The van der Waals surface area contributed by atoms with Crippen LogP contribution in [-0.2, 0) is 4.79 Å². The zero-order valence-corrected chi connectivity index (χ0v) is 18.4. The Morgan fingerprint density at radius 1 is 1.19 bits per heavy atom. The molecule has 3 rings (SSSR count). The molecule has 1 saturated heterocycles. The highest BCUT2D eigenvalue weighted by Crippen LogP contribution is 2.23. The van der Waals surface area contributed by atoms with Crippen LogP contribution in [0.2, 0.25) is 0 Å². The minimum atomic E-state index is -0.403. The van der Waals surface area contributed by atoms with E-state index in [2.05, 4.69) is 15.3 Å². The number of nitrogens with two attached hydrogens (primary N) is 1. The van der Waals surface area contributed by atoms with E-state index in [4.69, 9.17) is 5.73 Å². The number of amides is 1. The van der Waals surface area contributed by atoms with Crippen molar-refractivity contribution in [3.63, 3.8) is 0 Å². The fraction of sp³-hybridized carbons (Fsp3) is 0.429. The Kier molecular flexibility index (Phi) is 8.70. The molecule has 1 atom stereocenters. The molecule has 1 aliphatic heterocycles. The number of aldehydes is 1. The summed E-state index contributed by atoms with van der Waals surface area (Å²) in [5.74, 6) is -0.108. The number of piperazine rings is 1. The number of benzene rings is 1. The second kappa shape index (κ2) is 11.0. The molecular weight excluding hydrogens is 423 g/mol. The zero-order chi connectivity index (χ0) is 21.7. The number of halogens is 2. The summed E-state index contributed by atoms with van der Waals surface area (Å²) in [6.07, 6.45) is 1.99. The van der Waals surface area contributed by atoms with Crippen LogP contribution in [0.25, 0.3) is 0 Å². The lowest BCUT2D eigenvalue weighted by Crippen LogP contribution is -2.51. The number of carbonyl (C=O) groups is 2. The van der Waals surface area contributed by atoms with Crippen LogP contribution in [0.3, 0.4) is 0 Å². The summed E-state index contributed by atoms with van der Waals surface area (Å²) in [5, 5.41) is 3.31. The number of nitrogens with zero attached hydrogens (tertiary/aromatic N) is 4. The van der Waals surface area contributed by atoms with E-state index in [1.807, 2.05) is 18.7 Å². The maximum absolute atomic E-state index is 13.4. The van der Waals surface area contributed by atoms with Crippen LogP contribution in [0.15, 0.2) is 30.6 Å². The average Bonchev–Trinajstić information content (AvgIpc) is 2.74. The van der Waals surface area contributed by atoms with Gasteiger partial charge in [0.2, 0.25) is 5.91 Å². The number of carbonyl (C=O) groups excluding carboxylic acids is 2. The van der Waals surface area contributed by atoms with Gasteiger partial charge in [-0.2, -0.15) is 0 Å². The molecule has 2 heterocycles. The quantitative estimate of drug-likeness (QED) is 0.620. The first kappa shape index (κ1) is 24.5. The summed E-state index contributed by atoms with van der Waals surface area (Å²) >= 11 is 0. The Labute approximate surface area is 187 Å². The number of nitrogen functional groups attached to an aromatic ring is 1. The van der Waals surface area contributed by atoms with E-state index < -0.39 is 5.92 Å².